The van der Waals surface area contributed by atoms with Crippen LogP contribution in [0.1, 0.15) is 39.5 Å². The first-order chi connectivity index (χ1) is 15.7. The van der Waals surface area contributed by atoms with Gasteiger partial charge in [0.15, 0.2) is 0 Å². The van der Waals surface area contributed by atoms with Gasteiger partial charge < -0.3 is 0 Å². The van der Waals surface area contributed by atoms with Gasteiger partial charge in [-0.2, -0.15) is 14.7 Å². The summed E-state index contributed by atoms with van der Waals surface area (Å²) in [4.78, 5) is 12.7. The van der Waals surface area contributed by atoms with Crippen LogP contribution in [0, 0.1) is 18.3 Å². The van der Waals surface area contributed by atoms with Crippen molar-refractivity contribution in [1.29, 1.82) is 5.26 Å². The maximum Gasteiger partial charge on any atom is 0.271 e. The van der Waals surface area contributed by atoms with E-state index in [1.54, 1.807) is 79.7 Å². The lowest BCUT2D eigenvalue weighted by Crippen LogP contribution is -2.26. The predicted molar refractivity (Wildman–Crippen MR) is 127 cm³/mol. The fraction of sp³-hybridized carbons (Fsp3) is 0.160. The Morgan fingerprint density at radius 1 is 0.970 bits per heavy atom. The summed E-state index contributed by atoms with van der Waals surface area (Å²) >= 11 is 0. The van der Waals surface area contributed by atoms with Gasteiger partial charge in [0.25, 0.3) is 5.91 Å². The average Bonchev–Trinajstić information content (AvgIpc) is 2.83. The minimum atomic E-state index is -3.61. The topological polar surface area (TPSA) is 103 Å². The standard InChI is InChI=1S/C25H24N4O3S/c1-18-4-14-24(15-5-18)33(31,32)29(3)17-21-8-12-23(13-9-21)25(30)28-27-19(2)22-10-6-20(16-26)7-11-22/h4-15H,17H2,1-3H3,(H,28,30)/b27-19-. The molecule has 1 amide bonds. The molecule has 0 atom stereocenters. The normalized spacial score (nSPS) is 11.8. The van der Waals surface area contributed by atoms with Crippen LogP contribution in [0.2, 0.25) is 0 Å². The fourth-order valence-electron chi connectivity index (χ4n) is 3.04. The molecular weight excluding hydrogens is 436 g/mol. The lowest BCUT2D eigenvalue weighted by molar-refractivity contribution is 0.0955. The van der Waals surface area contributed by atoms with Crippen LogP contribution in [-0.4, -0.2) is 31.4 Å². The van der Waals surface area contributed by atoms with Crippen molar-refractivity contribution < 1.29 is 13.2 Å². The maximum absolute atomic E-state index is 12.8. The third-order valence-corrected chi connectivity index (χ3v) is 6.93. The van der Waals surface area contributed by atoms with Crippen LogP contribution in [0.15, 0.2) is 82.8 Å². The molecule has 3 rings (SSSR count). The zero-order chi connectivity index (χ0) is 24.0. The minimum Gasteiger partial charge on any atom is -0.267 e. The number of hydrogen-bond acceptors (Lipinski definition) is 5. The van der Waals surface area contributed by atoms with E-state index in [0.717, 1.165) is 16.7 Å². The fourth-order valence-corrected chi connectivity index (χ4v) is 4.20. The molecule has 0 aromatic heterocycles. The molecule has 0 spiro atoms. The first kappa shape index (κ1) is 23.9. The smallest absolute Gasteiger partial charge is 0.267 e. The van der Waals surface area contributed by atoms with Crippen molar-refractivity contribution in [1.82, 2.24) is 9.73 Å². The number of rotatable bonds is 7. The van der Waals surface area contributed by atoms with Gasteiger partial charge in [-0.3, -0.25) is 4.79 Å². The SMILES string of the molecule is C/C(=N/NC(=O)c1ccc(CN(C)S(=O)(=O)c2ccc(C)cc2)cc1)c1ccc(C#N)cc1. The van der Waals surface area contributed by atoms with E-state index >= 15 is 0 Å². The molecule has 0 fully saturated rings. The second-order valence-electron chi connectivity index (χ2n) is 7.60. The molecule has 0 unspecified atom stereocenters. The van der Waals surface area contributed by atoms with Crippen molar-refractivity contribution in [2.24, 2.45) is 5.10 Å². The van der Waals surface area contributed by atoms with Gasteiger partial charge >= 0.3 is 0 Å². The molecule has 0 aliphatic heterocycles. The van der Waals surface area contributed by atoms with Crippen LogP contribution in [0.25, 0.3) is 0 Å². The molecule has 0 heterocycles. The van der Waals surface area contributed by atoms with Gasteiger partial charge in [0.1, 0.15) is 0 Å². The Morgan fingerprint density at radius 2 is 1.55 bits per heavy atom. The molecule has 0 aliphatic rings. The summed E-state index contributed by atoms with van der Waals surface area (Å²) in [7, 11) is -2.09. The van der Waals surface area contributed by atoms with Crippen molar-refractivity contribution in [3.05, 3.63) is 101 Å². The van der Waals surface area contributed by atoms with Gasteiger partial charge in [-0.15, -0.1) is 0 Å². The largest absolute Gasteiger partial charge is 0.271 e. The van der Waals surface area contributed by atoms with Gasteiger partial charge in [0.05, 0.1) is 22.2 Å². The number of amides is 1. The molecule has 7 nitrogen and oxygen atoms in total. The highest BCUT2D eigenvalue weighted by molar-refractivity contribution is 7.89. The number of nitrogens with zero attached hydrogens (tertiary/aromatic N) is 3. The molecule has 0 bridgehead atoms. The van der Waals surface area contributed by atoms with Crippen LogP contribution in [-0.2, 0) is 16.6 Å². The van der Waals surface area contributed by atoms with Gasteiger partial charge in [-0.1, -0.05) is 42.0 Å². The van der Waals surface area contributed by atoms with E-state index in [4.69, 9.17) is 5.26 Å². The van der Waals surface area contributed by atoms with Crippen LogP contribution >= 0.6 is 0 Å². The summed E-state index contributed by atoms with van der Waals surface area (Å²) < 4.78 is 26.8. The number of carbonyl (C=O) groups excluding carboxylic acids is 1. The quantitative estimate of drug-likeness (QED) is 0.427. The van der Waals surface area contributed by atoms with Crippen molar-refractivity contribution in [2.75, 3.05) is 7.05 Å². The molecule has 0 radical (unpaired) electrons. The molecule has 168 valence electrons. The second kappa shape index (κ2) is 10.2. The van der Waals surface area contributed by atoms with E-state index in [2.05, 4.69) is 16.6 Å². The molecular formula is C25H24N4O3S. The molecule has 0 aliphatic carbocycles. The van der Waals surface area contributed by atoms with E-state index in [-0.39, 0.29) is 17.3 Å². The van der Waals surface area contributed by atoms with Crippen LogP contribution in [0.3, 0.4) is 0 Å². The molecule has 0 saturated heterocycles. The summed E-state index contributed by atoms with van der Waals surface area (Å²) in [5, 5.41) is 13.0. The van der Waals surface area contributed by atoms with E-state index in [1.165, 1.54) is 11.4 Å². The van der Waals surface area contributed by atoms with Gasteiger partial charge in [-0.25, -0.2) is 13.8 Å². The zero-order valence-corrected chi connectivity index (χ0v) is 19.4. The third kappa shape index (κ3) is 5.92. The lowest BCUT2D eigenvalue weighted by atomic mass is 10.1. The van der Waals surface area contributed by atoms with Gasteiger partial charge in [-0.05, 0) is 61.4 Å². The second-order valence-corrected chi connectivity index (χ2v) is 9.64. The Kier molecular flexibility index (Phi) is 7.38. The van der Waals surface area contributed by atoms with E-state index in [9.17, 15) is 13.2 Å². The number of nitrogens with one attached hydrogen (secondary N) is 1. The predicted octanol–water partition coefficient (Wildman–Crippen LogP) is 3.84. The number of benzene rings is 3. The average molecular weight is 461 g/mol. The summed E-state index contributed by atoms with van der Waals surface area (Å²) in [6.45, 7) is 3.83. The van der Waals surface area contributed by atoms with Crippen molar-refractivity contribution in [3.8, 4) is 6.07 Å². The van der Waals surface area contributed by atoms with Gasteiger partial charge in [0, 0.05) is 19.2 Å². The van der Waals surface area contributed by atoms with Crippen molar-refractivity contribution in [3.63, 3.8) is 0 Å². The number of aryl methyl sites for hydroxylation is 1. The van der Waals surface area contributed by atoms with E-state index in [0.29, 0.717) is 16.8 Å². The Balaban J connectivity index is 1.63. The van der Waals surface area contributed by atoms with Crippen LogP contribution in [0.5, 0.6) is 0 Å². The Hall–Kier alpha value is -3.80. The number of sulfonamides is 1. The summed E-state index contributed by atoms with van der Waals surface area (Å²) in [5.41, 5.74) is 6.60. The Bertz CT molecular complexity index is 1310. The van der Waals surface area contributed by atoms with Crippen molar-refractivity contribution in [2.45, 2.75) is 25.3 Å². The summed E-state index contributed by atoms with van der Waals surface area (Å²) in [5.74, 6) is -0.379. The number of nitriles is 1. The lowest BCUT2D eigenvalue weighted by Gasteiger charge is -2.17. The molecule has 1 N–H and O–H groups in total. The molecule has 3 aromatic rings. The Labute approximate surface area is 194 Å². The highest BCUT2D eigenvalue weighted by atomic mass is 32.2. The van der Waals surface area contributed by atoms with Crippen LogP contribution < -0.4 is 5.43 Å². The Morgan fingerprint density at radius 3 is 2.12 bits per heavy atom. The summed E-state index contributed by atoms with van der Waals surface area (Å²) in [6.07, 6.45) is 0. The van der Waals surface area contributed by atoms with E-state index in [1.807, 2.05) is 6.92 Å². The first-order valence-corrected chi connectivity index (χ1v) is 11.6. The molecule has 8 heteroatoms. The number of carbonyl (C=O) groups is 1. The summed E-state index contributed by atoms with van der Waals surface area (Å²) in [6, 6.07) is 22.4. The molecule has 0 saturated carbocycles. The minimum absolute atomic E-state index is 0.175. The monoisotopic (exact) mass is 460 g/mol. The van der Waals surface area contributed by atoms with Crippen molar-refractivity contribution >= 4 is 21.6 Å². The molecule has 33 heavy (non-hydrogen) atoms. The maximum atomic E-state index is 12.8. The number of hydrogen-bond donors (Lipinski definition) is 1. The van der Waals surface area contributed by atoms with Gasteiger partial charge in [0.2, 0.25) is 10.0 Å². The molecule has 3 aromatic carbocycles. The third-order valence-electron chi connectivity index (χ3n) is 5.11. The van der Waals surface area contributed by atoms with E-state index < -0.39 is 10.0 Å². The highest BCUT2D eigenvalue weighted by Crippen LogP contribution is 2.18. The first-order valence-electron chi connectivity index (χ1n) is 10.2. The number of hydrazone groups is 1. The highest BCUT2D eigenvalue weighted by Gasteiger charge is 2.20. The zero-order valence-electron chi connectivity index (χ0n) is 18.6. The van der Waals surface area contributed by atoms with Crippen LogP contribution in [0.4, 0.5) is 0 Å².